The number of nitrogens with zero attached hydrogens (tertiary/aromatic N) is 3. The molecule has 0 N–H and O–H groups in total. The van der Waals surface area contributed by atoms with Crippen molar-refractivity contribution in [1.82, 2.24) is 14.8 Å². The van der Waals surface area contributed by atoms with E-state index in [9.17, 15) is 0 Å². The summed E-state index contributed by atoms with van der Waals surface area (Å²) < 4.78 is 7.74. The predicted molar refractivity (Wildman–Crippen MR) is 76.2 cm³/mol. The van der Waals surface area contributed by atoms with E-state index in [4.69, 9.17) is 4.74 Å². The van der Waals surface area contributed by atoms with Crippen molar-refractivity contribution in [2.24, 2.45) is 0 Å². The van der Waals surface area contributed by atoms with E-state index in [2.05, 4.69) is 42.5 Å². The van der Waals surface area contributed by atoms with Crippen molar-refractivity contribution in [2.75, 3.05) is 6.61 Å². The van der Waals surface area contributed by atoms with Crippen LogP contribution in [0.4, 0.5) is 0 Å². The molecule has 102 valence electrons. The fourth-order valence-electron chi connectivity index (χ4n) is 1.87. The Bertz CT molecular complexity index is 540. The summed E-state index contributed by atoms with van der Waals surface area (Å²) in [4.78, 5) is 0. The smallest absolute Gasteiger partial charge is 0.164 e. The van der Waals surface area contributed by atoms with Crippen LogP contribution < -0.4 is 4.74 Å². The maximum Gasteiger partial charge on any atom is 0.164 e. The van der Waals surface area contributed by atoms with Crippen molar-refractivity contribution in [3.8, 4) is 17.1 Å². The van der Waals surface area contributed by atoms with E-state index in [1.165, 1.54) is 0 Å². The van der Waals surface area contributed by atoms with Crippen LogP contribution in [0.15, 0.2) is 30.6 Å². The second kappa shape index (κ2) is 5.43. The Morgan fingerprint density at radius 2 is 2.05 bits per heavy atom. The molecule has 4 nitrogen and oxygen atoms in total. The van der Waals surface area contributed by atoms with Crippen molar-refractivity contribution >= 4 is 0 Å². The standard InChI is InChI=1S/C15H21N3O/c1-5-9-19-13-8-6-7-12(10-13)14-17-16-11-18(14)15(2,3)4/h6-8,10-11H,5,9H2,1-4H3. The molecule has 0 saturated heterocycles. The topological polar surface area (TPSA) is 39.9 Å². The first kappa shape index (κ1) is 13.6. The van der Waals surface area contributed by atoms with E-state index in [1.807, 2.05) is 24.3 Å². The molecule has 0 aliphatic heterocycles. The number of benzene rings is 1. The molecule has 0 aliphatic rings. The van der Waals surface area contributed by atoms with E-state index >= 15 is 0 Å². The number of hydrogen-bond acceptors (Lipinski definition) is 3. The lowest BCUT2D eigenvalue weighted by Gasteiger charge is -2.22. The molecule has 0 aliphatic carbocycles. The molecule has 0 spiro atoms. The Labute approximate surface area is 114 Å². The van der Waals surface area contributed by atoms with E-state index < -0.39 is 0 Å². The third-order valence-corrected chi connectivity index (χ3v) is 2.84. The van der Waals surface area contributed by atoms with Gasteiger partial charge in [-0.1, -0.05) is 19.1 Å². The lowest BCUT2D eigenvalue weighted by molar-refractivity contribution is 0.317. The Hall–Kier alpha value is -1.84. The van der Waals surface area contributed by atoms with Crippen molar-refractivity contribution in [1.29, 1.82) is 0 Å². The van der Waals surface area contributed by atoms with E-state index in [-0.39, 0.29) is 5.54 Å². The summed E-state index contributed by atoms with van der Waals surface area (Å²) in [5, 5.41) is 8.26. The van der Waals surface area contributed by atoms with E-state index in [1.54, 1.807) is 6.33 Å². The minimum absolute atomic E-state index is 0.0425. The van der Waals surface area contributed by atoms with Crippen molar-refractivity contribution in [3.63, 3.8) is 0 Å². The second-order valence-electron chi connectivity index (χ2n) is 5.57. The molecule has 0 saturated carbocycles. The Morgan fingerprint density at radius 1 is 1.26 bits per heavy atom. The van der Waals surface area contributed by atoms with Gasteiger partial charge >= 0.3 is 0 Å². The van der Waals surface area contributed by atoms with Crippen LogP contribution in [0.1, 0.15) is 34.1 Å². The van der Waals surface area contributed by atoms with Gasteiger partial charge in [-0.2, -0.15) is 0 Å². The van der Waals surface area contributed by atoms with Gasteiger partial charge in [0.15, 0.2) is 5.82 Å². The van der Waals surface area contributed by atoms with Gasteiger partial charge in [0.05, 0.1) is 6.61 Å². The largest absolute Gasteiger partial charge is 0.494 e. The minimum atomic E-state index is -0.0425. The van der Waals surface area contributed by atoms with Gasteiger partial charge in [0, 0.05) is 11.1 Å². The van der Waals surface area contributed by atoms with Gasteiger partial charge in [0.25, 0.3) is 0 Å². The summed E-state index contributed by atoms with van der Waals surface area (Å²) in [5.41, 5.74) is 0.986. The molecule has 1 aromatic heterocycles. The summed E-state index contributed by atoms with van der Waals surface area (Å²) in [7, 11) is 0. The van der Waals surface area contributed by atoms with Gasteiger partial charge in [0.1, 0.15) is 12.1 Å². The van der Waals surface area contributed by atoms with Crippen LogP contribution in [-0.4, -0.2) is 21.4 Å². The van der Waals surface area contributed by atoms with Gasteiger partial charge in [-0.05, 0) is 39.3 Å². The zero-order valence-corrected chi connectivity index (χ0v) is 12.1. The fraction of sp³-hybridized carbons (Fsp3) is 0.467. The lowest BCUT2D eigenvalue weighted by atomic mass is 10.1. The highest BCUT2D eigenvalue weighted by Crippen LogP contribution is 2.26. The van der Waals surface area contributed by atoms with Crippen LogP contribution in [0.25, 0.3) is 11.4 Å². The fourth-order valence-corrected chi connectivity index (χ4v) is 1.87. The van der Waals surface area contributed by atoms with Crippen LogP contribution in [0.2, 0.25) is 0 Å². The number of rotatable bonds is 4. The van der Waals surface area contributed by atoms with Crippen LogP contribution >= 0.6 is 0 Å². The Kier molecular flexibility index (Phi) is 3.88. The lowest BCUT2D eigenvalue weighted by Crippen LogP contribution is -2.21. The molecular formula is C15H21N3O. The molecule has 0 amide bonds. The normalized spacial score (nSPS) is 11.6. The summed E-state index contributed by atoms with van der Waals surface area (Å²) in [6, 6.07) is 8.01. The zero-order chi connectivity index (χ0) is 13.9. The summed E-state index contributed by atoms with van der Waals surface area (Å²) in [5.74, 6) is 1.75. The van der Waals surface area contributed by atoms with Crippen LogP contribution in [-0.2, 0) is 5.54 Å². The van der Waals surface area contributed by atoms with Crippen molar-refractivity contribution < 1.29 is 4.74 Å². The monoisotopic (exact) mass is 259 g/mol. The second-order valence-corrected chi connectivity index (χ2v) is 5.57. The average Bonchev–Trinajstić information content (AvgIpc) is 2.86. The van der Waals surface area contributed by atoms with Gasteiger partial charge in [0.2, 0.25) is 0 Å². The maximum atomic E-state index is 5.66. The highest BCUT2D eigenvalue weighted by atomic mass is 16.5. The molecule has 0 unspecified atom stereocenters. The maximum absolute atomic E-state index is 5.66. The van der Waals surface area contributed by atoms with Crippen LogP contribution in [0.3, 0.4) is 0 Å². The van der Waals surface area contributed by atoms with Crippen molar-refractivity contribution in [2.45, 2.75) is 39.7 Å². The summed E-state index contributed by atoms with van der Waals surface area (Å²) >= 11 is 0. The van der Waals surface area contributed by atoms with Crippen LogP contribution in [0.5, 0.6) is 5.75 Å². The van der Waals surface area contributed by atoms with Gasteiger partial charge in [-0.25, -0.2) is 0 Å². The minimum Gasteiger partial charge on any atom is -0.494 e. The molecular weight excluding hydrogens is 238 g/mol. The summed E-state index contributed by atoms with van der Waals surface area (Å²) in [6.07, 6.45) is 2.78. The first-order valence-electron chi connectivity index (χ1n) is 6.66. The highest BCUT2D eigenvalue weighted by molar-refractivity contribution is 5.57. The predicted octanol–water partition coefficient (Wildman–Crippen LogP) is 3.49. The highest BCUT2D eigenvalue weighted by Gasteiger charge is 2.18. The molecule has 4 heteroatoms. The molecule has 2 aromatic rings. The molecule has 1 aromatic carbocycles. The molecule has 0 fully saturated rings. The molecule has 19 heavy (non-hydrogen) atoms. The number of ether oxygens (including phenoxy) is 1. The van der Waals surface area contributed by atoms with Crippen LogP contribution in [0, 0.1) is 0 Å². The molecule has 0 radical (unpaired) electrons. The quantitative estimate of drug-likeness (QED) is 0.843. The summed E-state index contributed by atoms with van der Waals surface area (Å²) in [6.45, 7) is 9.24. The molecule has 0 atom stereocenters. The molecule has 1 heterocycles. The molecule has 0 bridgehead atoms. The number of aromatic nitrogens is 3. The van der Waals surface area contributed by atoms with Gasteiger partial charge in [-0.15, -0.1) is 10.2 Å². The zero-order valence-electron chi connectivity index (χ0n) is 12.1. The SMILES string of the molecule is CCCOc1cccc(-c2nncn2C(C)(C)C)c1. The number of hydrogen-bond donors (Lipinski definition) is 0. The van der Waals surface area contributed by atoms with Gasteiger partial charge < -0.3 is 9.30 Å². The third-order valence-electron chi connectivity index (χ3n) is 2.84. The van der Waals surface area contributed by atoms with Crippen molar-refractivity contribution in [3.05, 3.63) is 30.6 Å². The van der Waals surface area contributed by atoms with E-state index in [0.29, 0.717) is 0 Å². The first-order chi connectivity index (χ1) is 9.02. The average molecular weight is 259 g/mol. The molecule has 2 rings (SSSR count). The first-order valence-corrected chi connectivity index (χ1v) is 6.66. The Morgan fingerprint density at radius 3 is 2.74 bits per heavy atom. The third kappa shape index (κ3) is 3.13. The Balaban J connectivity index is 2.34. The van der Waals surface area contributed by atoms with E-state index in [0.717, 1.165) is 30.2 Å². The van der Waals surface area contributed by atoms with Gasteiger partial charge in [-0.3, -0.25) is 0 Å².